The molecule has 0 unspecified atom stereocenters. The first-order valence-corrected chi connectivity index (χ1v) is 14.9. The van der Waals surface area contributed by atoms with Crippen molar-refractivity contribution < 1.29 is 13.2 Å². The van der Waals surface area contributed by atoms with Crippen LogP contribution in [0.3, 0.4) is 0 Å². The number of nitriles is 2. The van der Waals surface area contributed by atoms with Gasteiger partial charge in [0.15, 0.2) is 0 Å². The van der Waals surface area contributed by atoms with Gasteiger partial charge < -0.3 is 21.7 Å². The van der Waals surface area contributed by atoms with Crippen LogP contribution < -0.4 is 21.7 Å². The number of hydrogen-bond donors (Lipinski definition) is 4. The van der Waals surface area contributed by atoms with Gasteiger partial charge >= 0.3 is 6.18 Å². The van der Waals surface area contributed by atoms with Crippen molar-refractivity contribution in [3.05, 3.63) is 83.4 Å². The summed E-state index contributed by atoms with van der Waals surface area (Å²) >= 11 is 0. The van der Waals surface area contributed by atoms with Gasteiger partial charge in [0.25, 0.3) is 0 Å². The molecule has 2 saturated carbocycles. The number of benzene rings is 2. The Labute approximate surface area is 259 Å². The van der Waals surface area contributed by atoms with Crippen molar-refractivity contribution in [1.29, 1.82) is 10.5 Å². The summed E-state index contributed by atoms with van der Waals surface area (Å²) in [7, 11) is 0. The lowest BCUT2D eigenvalue weighted by Gasteiger charge is -2.29. The van der Waals surface area contributed by atoms with E-state index in [4.69, 9.17) is 5.73 Å². The third-order valence-electron chi connectivity index (χ3n) is 9.00. The second-order valence-corrected chi connectivity index (χ2v) is 12.6. The van der Waals surface area contributed by atoms with E-state index in [-0.39, 0.29) is 27.9 Å². The van der Waals surface area contributed by atoms with Crippen molar-refractivity contribution in [3.63, 3.8) is 0 Å². The molecule has 2 heterocycles. The Morgan fingerprint density at radius 2 is 1.82 bits per heavy atom. The molecular formula is C34H33F3N8. The largest absolute Gasteiger partial charge is 0.399 e. The molecule has 45 heavy (non-hydrogen) atoms. The second kappa shape index (κ2) is 11.2. The van der Waals surface area contributed by atoms with Crippen molar-refractivity contribution in [2.45, 2.75) is 57.3 Å². The molecule has 4 aromatic rings. The zero-order chi connectivity index (χ0) is 32.0. The highest BCUT2D eigenvalue weighted by molar-refractivity contribution is 5.99. The van der Waals surface area contributed by atoms with Crippen LogP contribution in [0.2, 0.25) is 0 Å². The third kappa shape index (κ3) is 5.78. The average Bonchev–Trinajstić information content (AvgIpc) is 3.95. The predicted octanol–water partition coefficient (Wildman–Crippen LogP) is 7.01. The van der Waals surface area contributed by atoms with E-state index in [0.29, 0.717) is 22.7 Å². The lowest BCUT2D eigenvalue weighted by atomic mass is 9.92. The summed E-state index contributed by atoms with van der Waals surface area (Å²) in [5.74, 6) is 0.656. The molecule has 0 aliphatic heterocycles. The average molecular weight is 611 g/mol. The van der Waals surface area contributed by atoms with Crippen LogP contribution in [0.25, 0.3) is 21.8 Å². The van der Waals surface area contributed by atoms with Crippen LogP contribution in [0.5, 0.6) is 0 Å². The Balaban J connectivity index is 1.44. The highest BCUT2D eigenvalue weighted by atomic mass is 19.4. The molecule has 230 valence electrons. The number of rotatable bonds is 10. The minimum absolute atomic E-state index is 0.0663. The Hall–Kier alpha value is -5.03. The molecule has 11 heteroatoms. The number of aromatic nitrogens is 2. The lowest BCUT2D eigenvalue weighted by Crippen LogP contribution is -2.38. The van der Waals surface area contributed by atoms with Crippen LogP contribution in [-0.4, -0.2) is 28.2 Å². The molecule has 2 aromatic heterocycles. The molecule has 1 atom stereocenters. The fraction of sp³-hybridized carbons (Fsp3) is 0.353. The van der Waals surface area contributed by atoms with Gasteiger partial charge in [-0.3, -0.25) is 9.97 Å². The minimum Gasteiger partial charge on any atom is -0.399 e. The summed E-state index contributed by atoms with van der Waals surface area (Å²) in [6, 6.07) is 16.5. The van der Waals surface area contributed by atoms with Crippen molar-refractivity contribution in [3.8, 4) is 12.1 Å². The number of halogens is 3. The second-order valence-electron chi connectivity index (χ2n) is 12.6. The molecule has 2 aliphatic carbocycles. The molecule has 2 aliphatic rings. The standard InChI is InChI=1S/C34H33F3N8/c1-32(2,34(35,36)37)19-43-30-21(16-39)17-42-29-20(15-38)13-23(14-26(29)30)45-31(25-5-3-7-28-24(25)6-4-12-41-28)27(40)18-44-33(10-11-33)22-8-9-22/h3-7,12-14,17-18,22,31,44-45H,8-11,19,40H2,1-2H3,(H,42,43)/b27-18-/t31-/m0/s1. The molecule has 0 bridgehead atoms. The summed E-state index contributed by atoms with van der Waals surface area (Å²) in [4.78, 5) is 8.83. The summed E-state index contributed by atoms with van der Waals surface area (Å²) in [5, 5.41) is 31.1. The third-order valence-corrected chi connectivity index (χ3v) is 9.00. The molecule has 6 rings (SSSR count). The maximum Gasteiger partial charge on any atom is 0.395 e. The van der Waals surface area contributed by atoms with Gasteiger partial charge in [-0.2, -0.15) is 23.7 Å². The lowest BCUT2D eigenvalue weighted by molar-refractivity contribution is -0.206. The van der Waals surface area contributed by atoms with Crippen LogP contribution in [0, 0.1) is 34.0 Å². The number of fused-ring (bicyclic) bond motifs is 2. The van der Waals surface area contributed by atoms with E-state index in [1.807, 2.05) is 42.6 Å². The normalized spacial score (nSPS) is 16.9. The van der Waals surface area contributed by atoms with E-state index in [1.54, 1.807) is 18.3 Å². The molecule has 8 nitrogen and oxygen atoms in total. The molecular weight excluding hydrogens is 577 g/mol. The summed E-state index contributed by atoms with van der Waals surface area (Å²) < 4.78 is 41.1. The van der Waals surface area contributed by atoms with Gasteiger partial charge in [0.1, 0.15) is 12.1 Å². The molecule has 0 saturated heterocycles. The zero-order valence-electron chi connectivity index (χ0n) is 25.0. The Kier molecular flexibility index (Phi) is 7.44. The SMILES string of the molecule is CC(C)(CNc1c(C#N)cnc2c(C#N)cc(N[C@H](/C(N)=C/NC3(C4CC4)CC3)c3cccc4ncccc34)cc12)C(F)(F)F. The number of nitrogens with zero attached hydrogens (tertiary/aromatic N) is 4. The smallest absolute Gasteiger partial charge is 0.395 e. The van der Waals surface area contributed by atoms with Gasteiger partial charge in [-0.15, -0.1) is 0 Å². The van der Waals surface area contributed by atoms with Gasteiger partial charge in [-0.1, -0.05) is 18.2 Å². The van der Waals surface area contributed by atoms with E-state index in [0.717, 1.165) is 43.2 Å². The van der Waals surface area contributed by atoms with Crippen molar-refractivity contribution >= 4 is 33.2 Å². The highest BCUT2D eigenvalue weighted by Crippen LogP contribution is 2.53. The minimum atomic E-state index is -4.48. The molecule has 2 aromatic carbocycles. The molecule has 0 spiro atoms. The first kappa shape index (κ1) is 30.0. The van der Waals surface area contributed by atoms with Crippen molar-refractivity contribution in [2.24, 2.45) is 17.1 Å². The van der Waals surface area contributed by atoms with Crippen LogP contribution in [0.4, 0.5) is 24.5 Å². The van der Waals surface area contributed by atoms with Gasteiger partial charge in [-0.05, 0) is 75.3 Å². The number of nitrogens with one attached hydrogen (secondary N) is 3. The number of hydrogen-bond acceptors (Lipinski definition) is 8. The summed E-state index contributed by atoms with van der Waals surface area (Å²) in [5.41, 5.74) is 8.19. The number of nitrogens with two attached hydrogens (primary N) is 1. The first-order valence-electron chi connectivity index (χ1n) is 14.9. The Morgan fingerprint density at radius 3 is 2.49 bits per heavy atom. The van der Waals surface area contributed by atoms with Gasteiger partial charge in [0, 0.05) is 47.1 Å². The van der Waals surface area contributed by atoms with Crippen LogP contribution in [-0.2, 0) is 0 Å². The molecule has 0 radical (unpaired) electrons. The fourth-order valence-electron chi connectivity index (χ4n) is 5.79. The van der Waals surface area contributed by atoms with Crippen LogP contribution in [0.15, 0.2) is 66.8 Å². The highest BCUT2D eigenvalue weighted by Gasteiger charge is 2.53. The van der Waals surface area contributed by atoms with Crippen molar-refractivity contribution in [1.82, 2.24) is 15.3 Å². The zero-order valence-corrected chi connectivity index (χ0v) is 25.0. The number of pyridine rings is 2. The molecule has 0 amide bonds. The van der Waals surface area contributed by atoms with Crippen LogP contribution >= 0.6 is 0 Å². The summed E-state index contributed by atoms with van der Waals surface area (Å²) in [6.45, 7) is 1.69. The van der Waals surface area contributed by atoms with E-state index in [2.05, 4.69) is 32.0 Å². The Morgan fingerprint density at radius 1 is 1.07 bits per heavy atom. The molecule has 2 fully saturated rings. The quantitative estimate of drug-likeness (QED) is 0.151. The van der Waals surface area contributed by atoms with Crippen LogP contribution in [0.1, 0.15) is 62.3 Å². The van der Waals surface area contributed by atoms with E-state index >= 15 is 0 Å². The van der Waals surface area contributed by atoms with E-state index in [1.165, 1.54) is 19.0 Å². The van der Waals surface area contributed by atoms with Crippen molar-refractivity contribution in [2.75, 3.05) is 17.2 Å². The fourth-order valence-corrected chi connectivity index (χ4v) is 5.79. The monoisotopic (exact) mass is 610 g/mol. The number of alkyl halides is 3. The molecule has 5 N–H and O–H groups in total. The maximum atomic E-state index is 13.7. The maximum absolute atomic E-state index is 13.7. The van der Waals surface area contributed by atoms with E-state index < -0.39 is 24.2 Å². The van der Waals surface area contributed by atoms with Gasteiger partial charge in [0.05, 0.1) is 45.0 Å². The Bertz CT molecular complexity index is 1890. The van der Waals surface area contributed by atoms with E-state index in [9.17, 15) is 23.7 Å². The number of anilines is 2. The first-order chi connectivity index (χ1) is 21.5. The predicted molar refractivity (Wildman–Crippen MR) is 168 cm³/mol. The topological polar surface area (TPSA) is 135 Å². The van der Waals surface area contributed by atoms with Gasteiger partial charge in [-0.25, -0.2) is 0 Å². The van der Waals surface area contributed by atoms with Gasteiger partial charge in [0.2, 0.25) is 0 Å². The summed E-state index contributed by atoms with van der Waals surface area (Å²) in [6.07, 6.45) is 5.00.